The number of carbonyl (C=O) groups excluding carboxylic acids is 1. The van der Waals surface area contributed by atoms with Gasteiger partial charge in [-0.1, -0.05) is 11.8 Å². The molecule has 0 fully saturated rings. The zero-order valence-electron chi connectivity index (χ0n) is 12.0. The summed E-state index contributed by atoms with van der Waals surface area (Å²) in [6.07, 6.45) is 3.30. The molecule has 1 aromatic carbocycles. The van der Waals surface area contributed by atoms with Gasteiger partial charge in [0.2, 0.25) is 6.79 Å². The molecule has 0 radical (unpaired) electrons. The standard InChI is InChI=1S/C14H13N3O4S/c1-19-13(18)9-6-15-14(22-2)17-12(9)16-8-3-4-10-11(5-8)21-7-20-10/h3-6H,7H2,1-2H3,(H,15,16,17). The SMILES string of the molecule is COC(=O)c1cnc(SC)nc1Nc1ccc2c(c1)OCO2. The predicted molar refractivity (Wildman–Crippen MR) is 81.0 cm³/mol. The molecule has 0 saturated carbocycles. The highest BCUT2D eigenvalue weighted by Gasteiger charge is 2.17. The summed E-state index contributed by atoms with van der Waals surface area (Å²) in [6, 6.07) is 5.39. The number of nitrogens with zero attached hydrogens (tertiary/aromatic N) is 2. The third kappa shape index (κ3) is 2.77. The van der Waals surface area contributed by atoms with Crippen LogP contribution in [0.5, 0.6) is 11.5 Å². The number of benzene rings is 1. The van der Waals surface area contributed by atoms with Gasteiger partial charge in [0.25, 0.3) is 0 Å². The first-order chi connectivity index (χ1) is 10.7. The van der Waals surface area contributed by atoms with Gasteiger partial charge in [-0.25, -0.2) is 14.8 Å². The summed E-state index contributed by atoms with van der Waals surface area (Å²) in [5, 5.41) is 3.64. The van der Waals surface area contributed by atoms with Gasteiger partial charge in [0.1, 0.15) is 11.4 Å². The summed E-state index contributed by atoms with van der Waals surface area (Å²) in [7, 11) is 1.31. The number of fused-ring (bicyclic) bond motifs is 1. The number of hydrogen-bond acceptors (Lipinski definition) is 8. The van der Waals surface area contributed by atoms with E-state index >= 15 is 0 Å². The number of ether oxygens (including phenoxy) is 3. The number of carbonyl (C=O) groups is 1. The fourth-order valence-corrected chi connectivity index (χ4v) is 2.27. The molecule has 1 aliphatic heterocycles. The highest BCUT2D eigenvalue weighted by molar-refractivity contribution is 7.98. The summed E-state index contributed by atoms with van der Waals surface area (Å²) in [6.45, 7) is 0.205. The largest absolute Gasteiger partial charge is 0.465 e. The van der Waals surface area contributed by atoms with Crippen LogP contribution in [0.2, 0.25) is 0 Å². The summed E-state index contributed by atoms with van der Waals surface area (Å²) in [4.78, 5) is 20.2. The van der Waals surface area contributed by atoms with Crippen LogP contribution in [0.1, 0.15) is 10.4 Å². The molecule has 2 aromatic rings. The van der Waals surface area contributed by atoms with E-state index in [2.05, 4.69) is 15.3 Å². The Morgan fingerprint density at radius 2 is 2.18 bits per heavy atom. The highest BCUT2D eigenvalue weighted by Crippen LogP contribution is 2.35. The van der Waals surface area contributed by atoms with Gasteiger partial charge in [0, 0.05) is 18.0 Å². The molecule has 114 valence electrons. The zero-order chi connectivity index (χ0) is 15.5. The number of esters is 1. The van der Waals surface area contributed by atoms with Crippen LogP contribution < -0.4 is 14.8 Å². The molecular weight excluding hydrogens is 306 g/mol. The second-order valence-electron chi connectivity index (χ2n) is 4.30. The van der Waals surface area contributed by atoms with Gasteiger partial charge in [-0.15, -0.1) is 0 Å². The van der Waals surface area contributed by atoms with Crippen molar-refractivity contribution in [2.75, 3.05) is 25.5 Å². The number of thioether (sulfide) groups is 1. The van der Waals surface area contributed by atoms with Crippen LogP contribution in [0.15, 0.2) is 29.6 Å². The van der Waals surface area contributed by atoms with Crippen molar-refractivity contribution in [1.29, 1.82) is 0 Å². The van der Waals surface area contributed by atoms with E-state index in [4.69, 9.17) is 14.2 Å². The number of rotatable bonds is 4. The van der Waals surface area contributed by atoms with E-state index in [9.17, 15) is 4.79 Å². The van der Waals surface area contributed by atoms with Crippen molar-refractivity contribution in [3.05, 3.63) is 30.0 Å². The van der Waals surface area contributed by atoms with Gasteiger partial charge in [-0.2, -0.15) is 0 Å². The first kappa shape index (κ1) is 14.5. The molecule has 3 rings (SSSR count). The van der Waals surface area contributed by atoms with Gasteiger partial charge in [0.05, 0.1) is 7.11 Å². The van der Waals surface area contributed by atoms with Crippen LogP contribution >= 0.6 is 11.8 Å². The summed E-state index contributed by atoms with van der Waals surface area (Å²) >= 11 is 1.38. The van der Waals surface area contributed by atoms with Crippen LogP contribution in [0.25, 0.3) is 0 Å². The van der Waals surface area contributed by atoms with Gasteiger partial charge in [-0.05, 0) is 18.4 Å². The van der Waals surface area contributed by atoms with Crippen LogP contribution in [-0.4, -0.2) is 36.1 Å². The Kier molecular flexibility index (Phi) is 4.01. The highest BCUT2D eigenvalue weighted by atomic mass is 32.2. The molecule has 0 saturated heterocycles. The van der Waals surface area contributed by atoms with Crippen molar-refractivity contribution < 1.29 is 19.0 Å². The molecule has 22 heavy (non-hydrogen) atoms. The number of methoxy groups -OCH3 is 1. The van der Waals surface area contributed by atoms with Crippen molar-refractivity contribution in [3.63, 3.8) is 0 Å². The van der Waals surface area contributed by atoms with Gasteiger partial charge < -0.3 is 19.5 Å². The van der Waals surface area contributed by atoms with Crippen molar-refractivity contribution in [2.45, 2.75) is 5.16 Å². The smallest absolute Gasteiger partial charge is 0.343 e. The molecule has 7 nitrogen and oxygen atoms in total. The van der Waals surface area contributed by atoms with Crippen molar-refractivity contribution >= 4 is 29.2 Å². The lowest BCUT2D eigenvalue weighted by atomic mass is 10.2. The minimum atomic E-state index is -0.504. The number of anilines is 2. The fraction of sp³-hybridized carbons (Fsp3) is 0.214. The van der Waals surface area contributed by atoms with Gasteiger partial charge in [-0.3, -0.25) is 0 Å². The molecule has 0 unspecified atom stereocenters. The number of nitrogens with one attached hydrogen (secondary N) is 1. The van der Waals surface area contributed by atoms with Crippen molar-refractivity contribution in [2.24, 2.45) is 0 Å². The van der Waals surface area contributed by atoms with Gasteiger partial charge in [0.15, 0.2) is 16.7 Å². The molecule has 0 spiro atoms. The number of hydrogen-bond donors (Lipinski definition) is 1. The molecule has 0 atom stereocenters. The average molecular weight is 319 g/mol. The third-order valence-corrected chi connectivity index (χ3v) is 3.55. The molecule has 1 aromatic heterocycles. The van der Waals surface area contributed by atoms with Gasteiger partial charge >= 0.3 is 5.97 Å². The first-order valence-corrected chi connectivity index (χ1v) is 7.59. The van der Waals surface area contributed by atoms with E-state index in [0.717, 1.165) is 5.69 Å². The average Bonchev–Trinajstić information content (AvgIpc) is 3.01. The predicted octanol–water partition coefficient (Wildman–Crippen LogP) is 2.46. The topological polar surface area (TPSA) is 82.6 Å². The Balaban J connectivity index is 1.94. The molecule has 8 heteroatoms. The molecule has 1 N–H and O–H groups in total. The normalized spacial score (nSPS) is 12.1. The second kappa shape index (κ2) is 6.10. The maximum Gasteiger partial charge on any atom is 0.343 e. The van der Waals surface area contributed by atoms with E-state index in [-0.39, 0.29) is 12.4 Å². The lowest BCUT2D eigenvalue weighted by Gasteiger charge is -2.11. The lowest BCUT2D eigenvalue weighted by molar-refractivity contribution is 0.0601. The van der Waals surface area contributed by atoms with Crippen LogP contribution in [0, 0.1) is 0 Å². The molecule has 0 amide bonds. The third-order valence-electron chi connectivity index (χ3n) is 2.99. The Labute approximate surface area is 131 Å². The van der Waals surface area contributed by atoms with E-state index in [1.54, 1.807) is 12.1 Å². The maximum atomic E-state index is 11.8. The van der Waals surface area contributed by atoms with Crippen molar-refractivity contribution in [3.8, 4) is 11.5 Å². The lowest BCUT2D eigenvalue weighted by Crippen LogP contribution is -2.09. The number of aromatic nitrogens is 2. The van der Waals surface area contributed by atoms with Crippen molar-refractivity contribution in [1.82, 2.24) is 9.97 Å². The van der Waals surface area contributed by atoms with E-state index in [1.165, 1.54) is 25.1 Å². The first-order valence-electron chi connectivity index (χ1n) is 6.37. The molecular formula is C14H13N3O4S. The minimum absolute atomic E-state index is 0.205. The van der Waals surface area contributed by atoms with Crippen LogP contribution in [0.4, 0.5) is 11.5 Å². The van der Waals surface area contributed by atoms with E-state index < -0.39 is 5.97 Å². The summed E-state index contributed by atoms with van der Waals surface area (Å²) < 4.78 is 15.3. The van der Waals surface area contributed by atoms with E-state index in [1.807, 2.05) is 12.3 Å². The summed E-state index contributed by atoms with van der Waals surface area (Å²) in [5.41, 5.74) is 0.984. The second-order valence-corrected chi connectivity index (χ2v) is 5.08. The quantitative estimate of drug-likeness (QED) is 0.523. The Bertz CT molecular complexity index is 723. The molecule has 0 aliphatic carbocycles. The Morgan fingerprint density at radius 3 is 2.95 bits per heavy atom. The van der Waals surface area contributed by atoms with Crippen LogP contribution in [-0.2, 0) is 4.74 Å². The Morgan fingerprint density at radius 1 is 1.36 bits per heavy atom. The molecule has 0 bridgehead atoms. The molecule has 2 heterocycles. The van der Waals surface area contributed by atoms with Crippen LogP contribution in [0.3, 0.4) is 0 Å². The summed E-state index contributed by atoms with van der Waals surface area (Å²) in [5.74, 6) is 1.20. The molecule has 1 aliphatic rings. The maximum absolute atomic E-state index is 11.8. The fourth-order valence-electron chi connectivity index (χ4n) is 1.93. The monoisotopic (exact) mass is 319 g/mol. The zero-order valence-corrected chi connectivity index (χ0v) is 12.8. The Hall–Kier alpha value is -2.48. The van der Waals surface area contributed by atoms with E-state index in [0.29, 0.717) is 22.5 Å². The minimum Gasteiger partial charge on any atom is -0.465 e.